The minimum absolute atomic E-state index is 0.214. The summed E-state index contributed by atoms with van der Waals surface area (Å²) >= 11 is 1.75. The van der Waals surface area contributed by atoms with Crippen LogP contribution in [-0.4, -0.2) is 11.5 Å². The molecule has 2 nitrogen and oxygen atoms in total. The lowest BCUT2D eigenvalue weighted by Crippen LogP contribution is -2.12. The molecule has 0 saturated carbocycles. The molecule has 0 unspecified atom stereocenters. The summed E-state index contributed by atoms with van der Waals surface area (Å²) in [5.41, 5.74) is 7.03. The monoisotopic (exact) mass is 286 g/mol. The summed E-state index contributed by atoms with van der Waals surface area (Å²) in [7, 11) is 0. The van der Waals surface area contributed by atoms with Gasteiger partial charge in [0.1, 0.15) is 5.82 Å². The van der Waals surface area contributed by atoms with Gasteiger partial charge < -0.3 is 0 Å². The van der Waals surface area contributed by atoms with Gasteiger partial charge in [0.25, 0.3) is 0 Å². The van der Waals surface area contributed by atoms with E-state index in [-0.39, 0.29) is 5.82 Å². The quantitative estimate of drug-likeness (QED) is 0.825. The van der Waals surface area contributed by atoms with E-state index in [1.54, 1.807) is 17.8 Å². The number of fused-ring (bicyclic) bond motifs is 1. The summed E-state index contributed by atoms with van der Waals surface area (Å²) in [5.74, 6) is 0.766. The van der Waals surface area contributed by atoms with Gasteiger partial charge in [0.15, 0.2) is 0 Å². The molecule has 0 fully saturated rings. The van der Waals surface area contributed by atoms with Crippen molar-refractivity contribution in [3.05, 3.63) is 59.4 Å². The van der Waals surface area contributed by atoms with Gasteiger partial charge in [-0.15, -0.1) is 11.8 Å². The van der Waals surface area contributed by atoms with Crippen molar-refractivity contribution in [2.75, 3.05) is 11.2 Å². The van der Waals surface area contributed by atoms with Crippen LogP contribution in [0.4, 0.5) is 10.1 Å². The molecule has 0 spiro atoms. The molecule has 3 rings (SSSR count). The molecule has 102 valence electrons. The Kier molecular flexibility index (Phi) is 3.74. The molecule has 1 heterocycles. The number of aryl methyl sites for hydroxylation is 1. The second-order valence-corrected chi connectivity index (χ2v) is 5.91. The molecule has 0 aromatic heterocycles. The first-order chi connectivity index (χ1) is 9.72. The van der Waals surface area contributed by atoms with Crippen LogP contribution in [0.25, 0.3) is 0 Å². The van der Waals surface area contributed by atoms with E-state index in [0.717, 1.165) is 34.0 Å². The van der Waals surface area contributed by atoms with Crippen LogP contribution in [0.15, 0.2) is 52.5 Å². The minimum atomic E-state index is -0.214. The average molecular weight is 286 g/mol. The highest BCUT2D eigenvalue weighted by atomic mass is 32.2. The number of hydrogen-bond acceptors (Lipinski definition) is 3. The third kappa shape index (κ3) is 2.85. The molecule has 0 bridgehead atoms. The Balaban J connectivity index is 1.86. The summed E-state index contributed by atoms with van der Waals surface area (Å²) in [4.78, 5) is 1.10. The Hall–Kier alpha value is -1.81. The number of benzene rings is 2. The van der Waals surface area contributed by atoms with E-state index in [2.05, 4.69) is 10.5 Å². The van der Waals surface area contributed by atoms with Crippen LogP contribution in [0.2, 0.25) is 0 Å². The van der Waals surface area contributed by atoms with Crippen LogP contribution in [-0.2, 0) is 0 Å². The van der Waals surface area contributed by atoms with Gasteiger partial charge in [-0.2, -0.15) is 5.10 Å². The summed E-state index contributed by atoms with van der Waals surface area (Å²) < 4.78 is 13.4. The van der Waals surface area contributed by atoms with Gasteiger partial charge >= 0.3 is 0 Å². The SMILES string of the molecule is Cc1ccc(NN=C2CCSc3ccc(F)cc32)cc1. The van der Waals surface area contributed by atoms with Crippen LogP contribution in [0.3, 0.4) is 0 Å². The molecular formula is C16H15FN2S. The van der Waals surface area contributed by atoms with Crippen LogP contribution < -0.4 is 5.43 Å². The van der Waals surface area contributed by atoms with Gasteiger partial charge in [0.05, 0.1) is 11.4 Å². The second kappa shape index (κ2) is 5.67. The fraction of sp³-hybridized carbons (Fsp3) is 0.188. The number of nitrogens with zero attached hydrogens (tertiary/aromatic N) is 1. The van der Waals surface area contributed by atoms with Crippen LogP contribution in [0, 0.1) is 12.7 Å². The van der Waals surface area contributed by atoms with Gasteiger partial charge in [-0.1, -0.05) is 17.7 Å². The zero-order valence-electron chi connectivity index (χ0n) is 11.2. The average Bonchev–Trinajstić information content (AvgIpc) is 2.47. The topological polar surface area (TPSA) is 24.4 Å². The minimum Gasteiger partial charge on any atom is -0.278 e. The number of rotatable bonds is 2. The van der Waals surface area contributed by atoms with E-state index >= 15 is 0 Å². The van der Waals surface area contributed by atoms with E-state index in [1.165, 1.54) is 11.6 Å². The predicted molar refractivity (Wildman–Crippen MR) is 83.1 cm³/mol. The van der Waals surface area contributed by atoms with Crippen LogP contribution >= 0.6 is 11.8 Å². The first-order valence-electron chi connectivity index (χ1n) is 6.54. The fourth-order valence-corrected chi connectivity index (χ4v) is 3.13. The van der Waals surface area contributed by atoms with Crippen molar-refractivity contribution in [2.24, 2.45) is 5.10 Å². The Labute approximate surface area is 122 Å². The maximum absolute atomic E-state index is 13.4. The van der Waals surface area contributed by atoms with Crippen molar-refractivity contribution >= 4 is 23.2 Å². The largest absolute Gasteiger partial charge is 0.278 e. The first kappa shape index (κ1) is 13.2. The molecule has 0 radical (unpaired) electrons. The molecule has 20 heavy (non-hydrogen) atoms. The molecule has 1 aliphatic rings. The van der Waals surface area contributed by atoms with Crippen molar-refractivity contribution in [1.29, 1.82) is 0 Å². The van der Waals surface area contributed by atoms with E-state index in [1.807, 2.05) is 37.3 Å². The molecule has 2 aromatic rings. The van der Waals surface area contributed by atoms with Gasteiger partial charge in [-0.05, 0) is 37.3 Å². The summed E-state index contributed by atoms with van der Waals surface area (Å²) in [5, 5.41) is 4.45. The third-order valence-electron chi connectivity index (χ3n) is 3.22. The number of halogens is 1. The van der Waals surface area contributed by atoms with Gasteiger partial charge in [0.2, 0.25) is 0 Å². The van der Waals surface area contributed by atoms with Crippen molar-refractivity contribution in [1.82, 2.24) is 0 Å². The summed E-state index contributed by atoms with van der Waals surface area (Å²) in [6.45, 7) is 2.05. The second-order valence-electron chi connectivity index (χ2n) is 4.78. The summed E-state index contributed by atoms with van der Waals surface area (Å²) in [6, 6.07) is 12.9. The molecule has 0 aliphatic carbocycles. The van der Waals surface area contributed by atoms with Gasteiger partial charge in [-0.25, -0.2) is 4.39 Å². The molecule has 0 saturated heterocycles. The van der Waals surface area contributed by atoms with Crippen LogP contribution in [0.1, 0.15) is 17.5 Å². The lowest BCUT2D eigenvalue weighted by atomic mass is 10.1. The van der Waals surface area contributed by atoms with Gasteiger partial charge in [0, 0.05) is 22.6 Å². The lowest BCUT2D eigenvalue weighted by molar-refractivity contribution is 0.626. The fourth-order valence-electron chi connectivity index (χ4n) is 2.12. The Morgan fingerprint density at radius 1 is 1.15 bits per heavy atom. The van der Waals surface area contributed by atoms with Crippen molar-refractivity contribution in [3.63, 3.8) is 0 Å². The number of thioether (sulfide) groups is 1. The Morgan fingerprint density at radius 2 is 1.95 bits per heavy atom. The molecule has 2 aromatic carbocycles. The van der Waals surface area contributed by atoms with Crippen molar-refractivity contribution in [3.8, 4) is 0 Å². The van der Waals surface area contributed by atoms with Gasteiger partial charge in [-0.3, -0.25) is 5.43 Å². The molecule has 0 atom stereocenters. The van der Waals surface area contributed by atoms with E-state index in [4.69, 9.17) is 0 Å². The van der Waals surface area contributed by atoms with Crippen LogP contribution in [0.5, 0.6) is 0 Å². The zero-order chi connectivity index (χ0) is 13.9. The molecular weight excluding hydrogens is 271 g/mol. The number of hydrogen-bond donors (Lipinski definition) is 1. The van der Waals surface area contributed by atoms with Crippen molar-refractivity contribution < 1.29 is 4.39 Å². The Bertz CT molecular complexity index is 650. The highest BCUT2D eigenvalue weighted by Crippen LogP contribution is 2.30. The molecule has 0 amide bonds. The van der Waals surface area contributed by atoms with E-state index in [9.17, 15) is 4.39 Å². The normalized spacial score (nSPS) is 16.0. The molecule has 4 heteroatoms. The lowest BCUT2D eigenvalue weighted by Gasteiger charge is -2.17. The molecule has 1 N–H and O–H groups in total. The number of hydrazone groups is 1. The third-order valence-corrected chi connectivity index (χ3v) is 4.30. The van der Waals surface area contributed by atoms with Crippen molar-refractivity contribution in [2.45, 2.75) is 18.2 Å². The highest BCUT2D eigenvalue weighted by Gasteiger charge is 2.16. The number of nitrogens with one attached hydrogen (secondary N) is 1. The summed E-state index contributed by atoms with van der Waals surface area (Å²) in [6.07, 6.45) is 0.847. The zero-order valence-corrected chi connectivity index (χ0v) is 12.0. The Morgan fingerprint density at radius 3 is 2.75 bits per heavy atom. The molecule has 1 aliphatic heterocycles. The van der Waals surface area contributed by atoms with E-state index < -0.39 is 0 Å². The first-order valence-corrected chi connectivity index (χ1v) is 7.53. The smallest absolute Gasteiger partial charge is 0.123 e. The highest BCUT2D eigenvalue weighted by molar-refractivity contribution is 7.99. The number of anilines is 1. The maximum atomic E-state index is 13.4. The van der Waals surface area contributed by atoms with E-state index in [0.29, 0.717) is 0 Å². The maximum Gasteiger partial charge on any atom is 0.123 e. The standard InChI is InChI=1S/C16H15FN2S/c1-11-2-5-13(6-3-11)18-19-15-8-9-20-16-7-4-12(17)10-14(15)16/h2-7,10,18H,8-9H2,1H3. The predicted octanol–water partition coefficient (Wildman–Crippen LogP) is 4.45.